The molecule has 0 aliphatic heterocycles. The normalized spacial score (nSPS) is 11.4. The lowest BCUT2D eigenvalue weighted by Crippen LogP contribution is -2.02. The van der Waals surface area contributed by atoms with Crippen molar-refractivity contribution in [3.63, 3.8) is 0 Å². The van der Waals surface area contributed by atoms with Crippen molar-refractivity contribution < 1.29 is 0 Å². The van der Waals surface area contributed by atoms with Crippen molar-refractivity contribution in [3.05, 3.63) is 78.1 Å². The molecule has 2 N–H and O–H groups in total. The Balaban J connectivity index is 1.62. The third-order valence-corrected chi connectivity index (χ3v) is 5.56. The number of anilines is 1. The molecule has 0 fully saturated rings. The molecule has 0 saturated carbocycles. The summed E-state index contributed by atoms with van der Waals surface area (Å²) in [7, 11) is 0. The molecule has 5 aromatic rings. The van der Waals surface area contributed by atoms with Gasteiger partial charge in [0.05, 0.1) is 6.54 Å². The maximum atomic E-state index is 6.21. The van der Waals surface area contributed by atoms with Crippen LogP contribution in [-0.4, -0.2) is 29.1 Å². The molecule has 0 amide bonds. The minimum Gasteiger partial charge on any atom is -0.382 e. The smallest absolute Gasteiger partial charge is 0.238 e. The molecule has 5 rings (SSSR count). The van der Waals surface area contributed by atoms with Gasteiger partial charge in [0.1, 0.15) is 11.8 Å². The maximum Gasteiger partial charge on any atom is 0.238 e. The van der Waals surface area contributed by atoms with Gasteiger partial charge in [0.15, 0.2) is 16.6 Å². The van der Waals surface area contributed by atoms with E-state index in [0.29, 0.717) is 18.1 Å². The predicted molar refractivity (Wildman–Crippen MR) is 110 cm³/mol. The van der Waals surface area contributed by atoms with Crippen LogP contribution in [0.5, 0.6) is 0 Å². The molecule has 0 unspecified atom stereocenters. The van der Waals surface area contributed by atoms with Crippen LogP contribution < -0.4 is 5.73 Å². The first-order valence-corrected chi connectivity index (χ1v) is 9.84. The number of benzene rings is 2. The van der Waals surface area contributed by atoms with Gasteiger partial charge in [0.25, 0.3) is 0 Å². The van der Waals surface area contributed by atoms with Gasteiger partial charge in [-0.3, -0.25) is 4.57 Å². The molecule has 3 heterocycles. The molecule has 0 bridgehead atoms. The lowest BCUT2D eigenvalue weighted by atomic mass is 10.2. The van der Waals surface area contributed by atoms with Crippen molar-refractivity contribution in [1.82, 2.24) is 29.1 Å². The highest BCUT2D eigenvalue weighted by Crippen LogP contribution is 2.29. The molecule has 138 valence electrons. The first kappa shape index (κ1) is 16.8. The number of nitrogens with zero attached hydrogens (tertiary/aromatic N) is 6. The second kappa shape index (κ2) is 6.97. The second-order valence-corrected chi connectivity index (χ2v) is 7.34. The number of imidazole rings is 1. The lowest BCUT2D eigenvalue weighted by Gasteiger charge is -2.04. The zero-order valence-electron chi connectivity index (χ0n) is 14.9. The van der Waals surface area contributed by atoms with E-state index in [1.165, 1.54) is 11.9 Å². The largest absolute Gasteiger partial charge is 0.382 e. The van der Waals surface area contributed by atoms with Crippen LogP contribution >= 0.6 is 11.8 Å². The molecule has 7 nitrogen and oxygen atoms in total. The molecule has 0 radical (unpaired) electrons. The summed E-state index contributed by atoms with van der Waals surface area (Å²) in [6.07, 6.45) is 1.49. The minimum absolute atomic E-state index is 0.420. The summed E-state index contributed by atoms with van der Waals surface area (Å²) in [6, 6.07) is 20.5. The lowest BCUT2D eigenvalue weighted by molar-refractivity contribution is 0.828. The van der Waals surface area contributed by atoms with Gasteiger partial charge in [-0.15, -0.1) is 10.2 Å². The zero-order valence-corrected chi connectivity index (χ0v) is 15.8. The first-order valence-electron chi connectivity index (χ1n) is 8.86. The highest BCUT2D eigenvalue weighted by Gasteiger charge is 2.20. The number of hydrogen-bond donors (Lipinski definition) is 1. The second-order valence-electron chi connectivity index (χ2n) is 6.40. The molecule has 0 atom stereocenters. The fourth-order valence-corrected chi connectivity index (χ4v) is 4.14. The summed E-state index contributed by atoms with van der Waals surface area (Å²) in [4.78, 5) is 8.67. The molecule has 0 saturated heterocycles. The molecule has 2 aromatic carbocycles. The van der Waals surface area contributed by atoms with E-state index in [0.717, 1.165) is 27.6 Å². The van der Waals surface area contributed by atoms with Crippen LogP contribution in [-0.2, 0) is 12.3 Å². The summed E-state index contributed by atoms with van der Waals surface area (Å²) in [5, 5.41) is 9.62. The van der Waals surface area contributed by atoms with Gasteiger partial charge < -0.3 is 5.73 Å². The summed E-state index contributed by atoms with van der Waals surface area (Å²) in [5.74, 6) is 1.92. The van der Waals surface area contributed by atoms with Crippen LogP contribution in [0.15, 0.2) is 72.1 Å². The third-order valence-electron chi connectivity index (χ3n) is 4.56. The van der Waals surface area contributed by atoms with E-state index >= 15 is 0 Å². The number of thioether (sulfide) groups is 1. The quantitative estimate of drug-likeness (QED) is 0.465. The van der Waals surface area contributed by atoms with E-state index in [2.05, 4.69) is 44.4 Å². The Morgan fingerprint density at radius 2 is 1.57 bits per heavy atom. The van der Waals surface area contributed by atoms with Crippen molar-refractivity contribution in [2.75, 3.05) is 5.73 Å². The molecular formula is C20H17N7S. The molecule has 28 heavy (non-hydrogen) atoms. The third kappa shape index (κ3) is 2.87. The Labute approximate surface area is 165 Å². The Kier molecular flexibility index (Phi) is 4.17. The molecule has 3 aromatic heterocycles. The van der Waals surface area contributed by atoms with Crippen molar-refractivity contribution in [2.24, 2.45) is 0 Å². The van der Waals surface area contributed by atoms with Gasteiger partial charge >= 0.3 is 0 Å². The summed E-state index contributed by atoms with van der Waals surface area (Å²) in [6.45, 7) is 0.631. The predicted octanol–water partition coefficient (Wildman–Crippen LogP) is 3.40. The van der Waals surface area contributed by atoms with Crippen LogP contribution in [0.1, 0.15) is 11.1 Å². The number of hydrogen-bond acceptors (Lipinski definition) is 6. The fourth-order valence-electron chi connectivity index (χ4n) is 3.25. The van der Waals surface area contributed by atoms with Gasteiger partial charge in [-0.2, -0.15) is 0 Å². The minimum atomic E-state index is 0.420. The van der Waals surface area contributed by atoms with Gasteiger partial charge in [-0.05, 0) is 11.1 Å². The number of fused-ring (bicyclic) bond motifs is 3. The SMILES string of the molecule is Nc1ncnc2c1n1c(SCc3ccccc3)nnc1n2Cc1ccccc1. The van der Waals surface area contributed by atoms with Crippen LogP contribution in [0, 0.1) is 0 Å². The highest BCUT2D eigenvalue weighted by atomic mass is 32.2. The van der Waals surface area contributed by atoms with E-state index in [1.807, 2.05) is 45.4 Å². The topological polar surface area (TPSA) is 86.9 Å². The van der Waals surface area contributed by atoms with Crippen molar-refractivity contribution >= 4 is 34.5 Å². The van der Waals surface area contributed by atoms with E-state index in [9.17, 15) is 0 Å². The first-order chi connectivity index (χ1) is 13.8. The van der Waals surface area contributed by atoms with Crippen LogP contribution in [0.3, 0.4) is 0 Å². The Hall–Kier alpha value is -3.39. The van der Waals surface area contributed by atoms with Crippen molar-refractivity contribution in [2.45, 2.75) is 17.5 Å². The van der Waals surface area contributed by atoms with Gasteiger partial charge in [0.2, 0.25) is 5.78 Å². The van der Waals surface area contributed by atoms with E-state index in [4.69, 9.17) is 5.73 Å². The summed E-state index contributed by atoms with van der Waals surface area (Å²) in [5.41, 5.74) is 10.1. The summed E-state index contributed by atoms with van der Waals surface area (Å²) >= 11 is 1.62. The van der Waals surface area contributed by atoms with E-state index < -0.39 is 0 Å². The zero-order chi connectivity index (χ0) is 18.9. The number of rotatable bonds is 5. The van der Waals surface area contributed by atoms with Crippen molar-refractivity contribution in [3.8, 4) is 0 Å². The Bertz CT molecular complexity index is 1250. The number of nitrogen functional groups attached to an aromatic ring is 1. The fraction of sp³-hybridized carbons (Fsp3) is 0.100. The van der Waals surface area contributed by atoms with E-state index in [1.54, 1.807) is 11.8 Å². The van der Waals surface area contributed by atoms with Crippen LogP contribution in [0.25, 0.3) is 16.9 Å². The van der Waals surface area contributed by atoms with Crippen molar-refractivity contribution in [1.29, 1.82) is 0 Å². The number of aromatic nitrogens is 6. The average molecular weight is 387 g/mol. The number of nitrogens with two attached hydrogens (primary N) is 1. The Morgan fingerprint density at radius 3 is 2.32 bits per heavy atom. The van der Waals surface area contributed by atoms with Gasteiger partial charge in [-0.25, -0.2) is 14.4 Å². The molecular weight excluding hydrogens is 370 g/mol. The standard InChI is InChI=1S/C20H17N7S/c21-17-16-18(23-13-22-17)26(11-14-7-3-1-4-8-14)19-24-25-20(27(16)19)28-12-15-9-5-2-6-10-15/h1-10,13H,11-12H2,(H2,21,22,23). The molecule has 0 aliphatic carbocycles. The van der Waals surface area contributed by atoms with Crippen LogP contribution in [0.2, 0.25) is 0 Å². The molecule has 0 aliphatic rings. The highest BCUT2D eigenvalue weighted by molar-refractivity contribution is 7.98. The molecule has 0 spiro atoms. The monoisotopic (exact) mass is 387 g/mol. The van der Waals surface area contributed by atoms with Crippen LogP contribution in [0.4, 0.5) is 5.82 Å². The Morgan fingerprint density at radius 1 is 0.857 bits per heavy atom. The van der Waals surface area contributed by atoms with E-state index in [-0.39, 0.29) is 0 Å². The van der Waals surface area contributed by atoms with Gasteiger partial charge in [-0.1, -0.05) is 72.4 Å². The molecule has 8 heteroatoms. The van der Waals surface area contributed by atoms with Gasteiger partial charge in [0, 0.05) is 5.75 Å². The average Bonchev–Trinajstić information content (AvgIpc) is 3.28. The maximum absolute atomic E-state index is 6.21. The summed E-state index contributed by atoms with van der Waals surface area (Å²) < 4.78 is 3.99.